The Morgan fingerprint density at radius 2 is 1.91 bits per heavy atom. The van der Waals surface area contributed by atoms with Crippen LogP contribution in [0, 0.1) is 0 Å². The van der Waals surface area contributed by atoms with Crippen LogP contribution in [-0.4, -0.2) is 37.9 Å². The summed E-state index contributed by atoms with van der Waals surface area (Å²) in [6, 6.07) is 17.3. The lowest BCUT2D eigenvalue weighted by atomic mass is 10.1. The van der Waals surface area contributed by atoms with Crippen molar-refractivity contribution in [1.29, 1.82) is 0 Å². The first-order valence-corrected chi connectivity index (χ1v) is 10.7. The maximum Gasteiger partial charge on any atom is 0.254 e. The van der Waals surface area contributed by atoms with Crippen LogP contribution in [0.5, 0.6) is 5.75 Å². The van der Waals surface area contributed by atoms with E-state index in [4.69, 9.17) is 15.6 Å². The second-order valence-corrected chi connectivity index (χ2v) is 7.91. The summed E-state index contributed by atoms with van der Waals surface area (Å²) in [7, 11) is 0. The van der Waals surface area contributed by atoms with Gasteiger partial charge in [0.05, 0.1) is 12.2 Å². The monoisotopic (exact) mass is 441 g/mol. The van der Waals surface area contributed by atoms with Crippen molar-refractivity contribution in [1.82, 2.24) is 19.5 Å². The van der Waals surface area contributed by atoms with Gasteiger partial charge in [0, 0.05) is 24.2 Å². The first kappa shape index (κ1) is 20.6. The second kappa shape index (κ2) is 8.31. The minimum Gasteiger partial charge on any atom is -0.489 e. The molecule has 0 saturated heterocycles. The molecule has 1 aliphatic rings. The van der Waals surface area contributed by atoms with Gasteiger partial charge in [-0.25, -0.2) is 4.52 Å². The van der Waals surface area contributed by atoms with E-state index < -0.39 is 5.91 Å². The maximum absolute atomic E-state index is 12.4. The topological polar surface area (TPSA) is 106 Å². The lowest BCUT2D eigenvalue weighted by Crippen LogP contribution is -2.35. The highest BCUT2D eigenvalue weighted by Gasteiger charge is 2.28. The van der Waals surface area contributed by atoms with Crippen LogP contribution in [0.2, 0.25) is 0 Å². The molecule has 0 radical (unpaired) electrons. The Kier molecular flexibility index (Phi) is 5.18. The Morgan fingerprint density at radius 3 is 2.61 bits per heavy atom. The largest absolute Gasteiger partial charge is 0.489 e. The van der Waals surface area contributed by atoms with Crippen LogP contribution in [-0.2, 0) is 24.4 Å². The molecule has 166 valence electrons. The molecule has 2 amide bonds. The SMILES string of the molecule is C=CC(=O)N1CCc2[nH]c3c(C(N)=O)c(-c4ccc(OCc5ccccc5)cc4)nn3c2C1. The molecule has 3 N–H and O–H groups in total. The van der Waals surface area contributed by atoms with Crippen LogP contribution in [0.15, 0.2) is 67.3 Å². The van der Waals surface area contributed by atoms with E-state index in [-0.39, 0.29) is 5.91 Å². The number of nitrogens with zero attached hydrogens (tertiary/aromatic N) is 3. The number of hydrogen-bond donors (Lipinski definition) is 2. The molecule has 0 bridgehead atoms. The van der Waals surface area contributed by atoms with Crippen LogP contribution >= 0.6 is 0 Å². The van der Waals surface area contributed by atoms with Crippen molar-refractivity contribution >= 4 is 17.5 Å². The maximum atomic E-state index is 12.4. The molecule has 4 aromatic rings. The number of aromatic amines is 1. The normalized spacial score (nSPS) is 13.0. The van der Waals surface area contributed by atoms with E-state index in [1.807, 2.05) is 54.6 Å². The molecule has 8 heteroatoms. The van der Waals surface area contributed by atoms with Crippen molar-refractivity contribution in [3.05, 3.63) is 89.8 Å². The molecule has 0 fully saturated rings. The number of carbonyl (C=O) groups is 2. The number of fused-ring (bicyclic) bond motifs is 3. The molecule has 2 aromatic carbocycles. The van der Waals surface area contributed by atoms with E-state index in [9.17, 15) is 9.59 Å². The highest BCUT2D eigenvalue weighted by Crippen LogP contribution is 2.30. The quantitative estimate of drug-likeness (QED) is 0.449. The zero-order chi connectivity index (χ0) is 22.9. The lowest BCUT2D eigenvalue weighted by Gasteiger charge is -2.25. The highest BCUT2D eigenvalue weighted by atomic mass is 16.5. The predicted molar refractivity (Wildman–Crippen MR) is 124 cm³/mol. The Morgan fingerprint density at radius 1 is 1.15 bits per heavy atom. The van der Waals surface area contributed by atoms with Crippen LogP contribution in [0.1, 0.15) is 27.3 Å². The number of aromatic nitrogens is 3. The van der Waals surface area contributed by atoms with E-state index >= 15 is 0 Å². The molecule has 0 atom stereocenters. The number of nitrogens with one attached hydrogen (secondary N) is 1. The highest BCUT2D eigenvalue weighted by molar-refractivity contribution is 6.04. The molecule has 8 nitrogen and oxygen atoms in total. The minimum atomic E-state index is -0.568. The van der Waals surface area contributed by atoms with Crippen LogP contribution in [0.25, 0.3) is 16.9 Å². The molecule has 5 rings (SSSR count). The summed E-state index contributed by atoms with van der Waals surface area (Å²) in [4.78, 5) is 29.5. The van der Waals surface area contributed by atoms with Crippen LogP contribution in [0.3, 0.4) is 0 Å². The standard InChI is InChI=1S/C25H23N5O3/c1-2-21(31)29-13-12-19-20(14-29)30-25(27-19)22(24(26)32)23(28-30)17-8-10-18(11-9-17)33-15-16-6-4-3-5-7-16/h2-11,27H,1,12-15H2,(H2,26,32). The van der Waals surface area contributed by atoms with Crippen LogP contribution in [0.4, 0.5) is 0 Å². The summed E-state index contributed by atoms with van der Waals surface area (Å²) in [5.74, 6) is 0.00887. The van der Waals surface area contributed by atoms with Gasteiger partial charge in [0.15, 0.2) is 0 Å². The molecule has 0 saturated carbocycles. The summed E-state index contributed by atoms with van der Waals surface area (Å²) in [5.41, 5.74) is 10.7. The third-order valence-corrected chi connectivity index (χ3v) is 5.84. The van der Waals surface area contributed by atoms with E-state index in [1.54, 1.807) is 9.42 Å². The van der Waals surface area contributed by atoms with Gasteiger partial charge in [-0.3, -0.25) is 9.59 Å². The fourth-order valence-corrected chi connectivity index (χ4v) is 4.15. The number of nitrogens with two attached hydrogens (primary N) is 1. The van der Waals surface area contributed by atoms with Crippen molar-refractivity contribution in [3.8, 4) is 17.0 Å². The predicted octanol–water partition coefficient (Wildman–Crippen LogP) is 3.08. The van der Waals surface area contributed by atoms with E-state index in [0.29, 0.717) is 48.8 Å². The molecule has 0 spiro atoms. The third-order valence-electron chi connectivity index (χ3n) is 5.84. The third kappa shape index (κ3) is 3.76. The van der Waals surface area contributed by atoms with E-state index in [1.165, 1.54) is 6.08 Å². The van der Waals surface area contributed by atoms with Crippen molar-refractivity contribution in [2.75, 3.05) is 6.54 Å². The number of rotatable bonds is 6. The van der Waals surface area contributed by atoms with Crippen molar-refractivity contribution in [3.63, 3.8) is 0 Å². The average Bonchev–Trinajstić information content (AvgIpc) is 3.39. The number of amides is 2. The lowest BCUT2D eigenvalue weighted by molar-refractivity contribution is -0.126. The Bertz CT molecular complexity index is 1350. The Labute approximate surface area is 190 Å². The molecule has 1 aliphatic heterocycles. The minimum absolute atomic E-state index is 0.136. The number of ether oxygens (including phenoxy) is 1. The van der Waals surface area contributed by atoms with E-state index in [2.05, 4.69) is 11.6 Å². The van der Waals surface area contributed by atoms with Crippen molar-refractivity contribution < 1.29 is 14.3 Å². The smallest absolute Gasteiger partial charge is 0.254 e. The fourth-order valence-electron chi connectivity index (χ4n) is 4.15. The van der Waals surface area contributed by atoms with Gasteiger partial charge in [0.2, 0.25) is 5.91 Å². The summed E-state index contributed by atoms with van der Waals surface area (Å²) in [5, 5.41) is 4.70. The summed E-state index contributed by atoms with van der Waals surface area (Å²) in [6.07, 6.45) is 1.94. The van der Waals surface area contributed by atoms with Gasteiger partial charge in [-0.2, -0.15) is 5.10 Å². The van der Waals surface area contributed by atoms with Gasteiger partial charge in [-0.1, -0.05) is 36.9 Å². The number of benzene rings is 2. The summed E-state index contributed by atoms with van der Waals surface area (Å²) in [6.45, 7) is 4.99. The molecule has 0 unspecified atom stereocenters. The Hall–Kier alpha value is -4.33. The first-order chi connectivity index (χ1) is 16.0. The molecular formula is C25H23N5O3. The van der Waals surface area contributed by atoms with Crippen molar-refractivity contribution in [2.24, 2.45) is 5.73 Å². The molecule has 0 aliphatic carbocycles. The summed E-state index contributed by atoms with van der Waals surface area (Å²) >= 11 is 0. The zero-order valence-electron chi connectivity index (χ0n) is 18.0. The number of primary amides is 1. The van der Waals surface area contributed by atoms with E-state index in [0.717, 1.165) is 22.5 Å². The molecular weight excluding hydrogens is 418 g/mol. The average molecular weight is 441 g/mol. The number of hydrogen-bond acceptors (Lipinski definition) is 4. The van der Waals surface area contributed by atoms with Crippen LogP contribution < -0.4 is 10.5 Å². The van der Waals surface area contributed by atoms with Crippen molar-refractivity contribution in [2.45, 2.75) is 19.6 Å². The fraction of sp³-hybridized carbons (Fsp3) is 0.160. The Balaban J connectivity index is 1.46. The van der Waals surface area contributed by atoms with Gasteiger partial charge in [-0.15, -0.1) is 0 Å². The second-order valence-electron chi connectivity index (χ2n) is 7.91. The van der Waals surface area contributed by atoms with Gasteiger partial charge in [0.25, 0.3) is 5.91 Å². The van der Waals surface area contributed by atoms with Gasteiger partial charge in [-0.05, 0) is 35.9 Å². The van der Waals surface area contributed by atoms with Gasteiger partial charge < -0.3 is 20.4 Å². The number of carbonyl (C=O) groups excluding carboxylic acids is 2. The molecule has 3 heterocycles. The number of H-pyrrole nitrogens is 1. The number of imidazole rings is 1. The molecule has 33 heavy (non-hydrogen) atoms. The molecule has 2 aromatic heterocycles. The van der Waals surface area contributed by atoms with Gasteiger partial charge in [0.1, 0.15) is 29.3 Å². The van der Waals surface area contributed by atoms with Gasteiger partial charge >= 0.3 is 0 Å². The first-order valence-electron chi connectivity index (χ1n) is 10.7. The zero-order valence-corrected chi connectivity index (χ0v) is 18.0. The summed E-state index contributed by atoms with van der Waals surface area (Å²) < 4.78 is 7.54.